The van der Waals surface area contributed by atoms with Crippen molar-refractivity contribution in [2.45, 2.75) is 64.5 Å². The first-order chi connectivity index (χ1) is 9.51. The molecule has 0 aliphatic heterocycles. The minimum Gasteiger partial charge on any atom is -0.376 e. The highest BCUT2D eigenvalue weighted by atomic mass is 32.2. The molecule has 0 fully saturated rings. The number of amides is 1. The zero-order valence-corrected chi connectivity index (χ0v) is 13.9. The summed E-state index contributed by atoms with van der Waals surface area (Å²) in [6.07, 6.45) is 4.84. The average Bonchev–Trinajstić information content (AvgIpc) is 2.39. The quantitative estimate of drug-likeness (QED) is 0.445. The Bertz CT molecular complexity index is 284. The van der Waals surface area contributed by atoms with E-state index in [-0.39, 0.29) is 18.4 Å². The molecule has 1 amide bonds. The predicted molar refractivity (Wildman–Crippen MR) is 84.8 cm³/mol. The van der Waals surface area contributed by atoms with Gasteiger partial charge >= 0.3 is 0 Å². The smallest absolute Gasteiger partial charge is 0.225 e. The third-order valence-corrected chi connectivity index (χ3v) is 4.43. The predicted octanol–water partition coefficient (Wildman–Crippen LogP) is 2.84. The van der Waals surface area contributed by atoms with E-state index in [2.05, 4.69) is 13.8 Å². The van der Waals surface area contributed by atoms with Crippen molar-refractivity contribution in [1.82, 2.24) is 4.90 Å². The van der Waals surface area contributed by atoms with Gasteiger partial charge in [0.05, 0.1) is 0 Å². The van der Waals surface area contributed by atoms with E-state index in [4.69, 9.17) is 0 Å². The Morgan fingerprint density at radius 1 is 1.25 bits per heavy atom. The monoisotopic (exact) mass is 303 g/mol. The van der Waals surface area contributed by atoms with Crippen molar-refractivity contribution in [3.8, 4) is 0 Å². The lowest BCUT2D eigenvalue weighted by Crippen LogP contribution is -2.34. The van der Waals surface area contributed by atoms with E-state index in [0.29, 0.717) is 24.6 Å². The first-order valence-corrected chi connectivity index (χ1v) is 8.55. The van der Waals surface area contributed by atoms with Crippen LogP contribution < -0.4 is 0 Å². The molecule has 0 saturated heterocycles. The molecule has 0 aliphatic carbocycles. The van der Waals surface area contributed by atoms with Crippen LogP contribution in [-0.4, -0.2) is 46.0 Å². The number of hydrogen-bond donors (Lipinski definition) is 1. The second-order valence-corrected chi connectivity index (χ2v) is 6.74. The molecule has 0 heterocycles. The maximum atomic E-state index is 12.0. The summed E-state index contributed by atoms with van der Waals surface area (Å²) in [4.78, 5) is 24.3. The first-order valence-electron chi connectivity index (χ1n) is 7.50. The maximum Gasteiger partial charge on any atom is 0.225 e. The number of nitrogens with zero attached hydrogens (tertiary/aromatic N) is 1. The van der Waals surface area contributed by atoms with Crippen molar-refractivity contribution in [1.29, 1.82) is 0 Å². The number of carbonyl (C=O) groups excluding carboxylic acids is 2. The number of unbranched alkanes of at least 4 members (excludes halogenated alkanes) is 2. The van der Waals surface area contributed by atoms with Crippen LogP contribution in [0.25, 0.3) is 0 Å². The minimum absolute atomic E-state index is 0.0233. The second kappa shape index (κ2) is 12.2. The van der Waals surface area contributed by atoms with Gasteiger partial charge in [-0.2, -0.15) is 11.8 Å². The van der Waals surface area contributed by atoms with Crippen LogP contribution in [0, 0.1) is 0 Å². The van der Waals surface area contributed by atoms with Crippen LogP contribution in [0.3, 0.4) is 0 Å². The molecule has 0 aliphatic rings. The molecule has 0 radical (unpaired) electrons. The summed E-state index contributed by atoms with van der Waals surface area (Å²) in [6.45, 7) is 6.15. The van der Waals surface area contributed by atoms with Gasteiger partial charge in [-0.25, -0.2) is 0 Å². The Labute approximate surface area is 127 Å². The van der Waals surface area contributed by atoms with Crippen LogP contribution >= 0.6 is 11.8 Å². The van der Waals surface area contributed by atoms with E-state index in [0.717, 1.165) is 31.4 Å². The highest BCUT2D eigenvalue weighted by Crippen LogP contribution is 2.16. The van der Waals surface area contributed by atoms with Gasteiger partial charge in [-0.3, -0.25) is 4.79 Å². The Kier molecular flexibility index (Phi) is 11.9. The van der Waals surface area contributed by atoms with Crippen LogP contribution in [0.2, 0.25) is 0 Å². The van der Waals surface area contributed by atoms with E-state index < -0.39 is 0 Å². The number of aliphatic hydroxyl groups is 1. The van der Waals surface area contributed by atoms with Gasteiger partial charge in [-0.15, -0.1) is 0 Å². The molecule has 0 aromatic carbocycles. The van der Waals surface area contributed by atoms with Crippen LogP contribution in [0.1, 0.15) is 59.3 Å². The first kappa shape index (κ1) is 19.4. The van der Waals surface area contributed by atoms with Crippen LogP contribution in [0.15, 0.2) is 0 Å². The third-order valence-electron chi connectivity index (χ3n) is 3.05. The van der Waals surface area contributed by atoms with Gasteiger partial charge in [-0.1, -0.05) is 20.3 Å². The molecule has 1 atom stereocenters. The molecular weight excluding hydrogens is 274 g/mol. The molecule has 0 spiro atoms. The van der Waals surface area contributed by atoms with Crippen LogP contribution in [-0.2, 0) is 9.59 Å². The van der Waals surface area contributed by atoms with Gasteiger partial charge in [0.1, 0.15) is 12.5 Å². The number of hydrogen-bond acceptors (Lipinski definition) is 4. The summed E-state index contributed by atoms with van der Waals surface area (Å²) in [7, 11) is 0. The normalized spacial score (nSPS) is 12.2. The van der Waals surface area contributed by atoms with Crippen molar-refractivity contribution < 1.29 is 14.7 Å². The Balaban J connectivity index is 3.87. The molecule has 0 rings (SSSR count). The van der Waals surface area contributed by atoms with Crippen molar-refractivity contribution >= 4 is 23.5 Å². The Morgan fingerprint density at radius 2 is 1.95 bits per heavy atom. The largest absolute Gasteiger partial charge is 0.376 e. The van der Waals surface area contributed by atoms with Gasteiger partial charge in [0.15, 0.2) is 0 Å². The maximum absolute atomic E-state index is 12.0. The lowest BCUT2D eigenvalue weighted by molar-refractivity contribution is -0.134. The average molecular weight is 303 g/mol. The van der Waals surface area contributed by atoms with Crippen LogP contribution in [0.4, 0.5) is 0 Å². The summed E-state index contributed by atoms with van der Waals surface area (Å²) < 4.78 is 0. The van der Waals surface area contributed by atoms with E-state index in [1.165, 1.54) is 4.90 Å². The zero-order chi connectivity index (χ0) is 15.4. The van der Waals surface area contributed by atoms with Crippen molar-refractivity contribution in [2.24, 2.45) is 0 Å². The van der Waals surface area contributed by atoms with Gasteiger partial charge in [0, 0.05) is 24.6 Å². The minimum atomic E-state index is -0.212. The number of ketones is 1. The zero-order valence-electron chi connectivity index (χ0n) is 13.1. The molecule has 4 nitrogen and oxygen atoms in total. The third kappa shape index (κ3) is 10.3. The fourth-order valence-electron chi connectivity index (χ4n) is 1.88. The standard InChI is InChI=1S/C15H29NO3S/c1-4-10-20-14(3)11-15(19)16(12-17)9-7-5-6-8-13(2)18/h14,17H,4-12H2,1-3H3. The second-order valence-electron chi connectivity index (χ2n) is 5.20. The van der Waals surface area contributed by atoms with Crippen molar-refractivity contribution in [3.05, 3.63) is 0 Å². The summed E-state index contributed by atoms with van der Waals surface area (Å²) >= 11 is 1.80. The number of carbonyl (C=O) groups is 2. The fourth-order valence-corrected chi connectivity index (χ4v) is 2.78. The summed E-state index contributed by atoms with van der Waals surface area (Å²) in [6, 6.07) is 0. The van der Waals surface area contributed by atoms with Gasteiger partial charge in [0.2, 0.25) is 5.91 Å². The molecular formula is C15H29NO3S. The number of Topliss-reactive ketones (excluding diaryl/α,β-unsaturated/α-hetero) is 1. The lowest BCUT2D eigenvalue weighted by Gasteiger charge is -2.21. The molecule has 1 unspecified atom stereocenters. The fraction of sp³-hybridized carbons (Fsp3) is 0.867. The van der Waals surface area contributed by atoms with E-state index in [9.17, 15) is 14.7 Å². The van der Waals surface area contributed by atoms with Crippen LogP contribution in [0.5, 0.6) is 0 Å². The summed E-state index contributed by atoms with van der Waals surface area (Å²) in [5.41, 5.74) is 0. The number of rotatable bonds is 12. The van der Waals surface area contributed by atoms with Gasteiger partial charge in [0.25, 0.3) is 0 Å². The van der Waals surface area contributed by atoms with E-state index in [1.807, 2.05) is 0 Å². The molecule has 0 bridgehead atoms. The molecule has 0 saturated carbocycles. The molecule has 0 aromatic heterocycles. The number of thioether (sulfide) groups is 1. The Hall–Kier alpha value is -0.550. The molecule has 0 aromatic rings. The Morgan fingerprint density at radius 3 is 2.50 bits per heavy atom. The van der Waals surface area contributed by atoms with Crippen molar-refractivity contribution in [2.75, 3.05) is 19.0 Å². The van der Waals surface area contributed by atoms with E-state index >= 15 is 0 Å². The van der Waals surface area contributed by atoms with Gasteiger partial charge in [-0.05, 0) is 31.9 Å². The molecule has 1 N–H and O–H groups in total. The summed E-state index contributed by atoms with van der Waals surface area (Å²) in [5.74, 6) is 1.30. The van der Waals surface area contributed by atoms with E-state index in [1.54, 1.807) is 18.7 Å². The van der Waals surface area contributed by atoms with Gasteiger partial charge < -0.3 is 14.8 Å². The highest BCUT2D eigenvalue weighted by Gasteiger charge is 2.15. The highest BCUT2D eigenvalue weighted by molar-refractivity contribution is 7.99. The molecule has 5 heteroatoms. The summed E-state index contributed by atoms with van der Waals surface area (Å²) in [5, 5.41) is 9.57. The molecule has 20 heavy (non-hydrogen) atoms. The van der Waals surface area contributed by atoms with Crippen molar-refractivity contribution in [3.63, 3.8) is 0 Å². The number of aliphatic hydroxyl groups excluding tert-OH is 1. The SMILES string of the molecule is CCCSC(C)CC(=O)N(CO)CCCCCC(C)=O. The molecule has 118 valence electrons. The topological polar surface area (TPSA) is 57.6 Å². The lowest BCUT2D eigenvalue weighted by atomic mass is 10.1.